The van der Waals surface area contributed by atoms with Gasteiger partial charge in [-0.1, -0.05) is 6.92 Å². The fourth-order valence-corrected chi connectivity index (χ4v) is 1.86. The van der Waals surface area contributed by atoms with Gasteiger partial charge in [0.05, 0.1) is 16.7 Å². The van der Waals surface area contributed by atoms with Crippen molar-refractivity contribution in [3.63, 3.8) is 0 Å². The Morgan fingerprint density at radius 2 is 2.46 bits per heavy atom. The largest absolute Gasteiger partial charge is 0.385 e. The Bertz CT molecular complexity index is 250. The molecule has 0 spiro atoms. The topological polar surface area (TPSA) is 48.1 Å². The van der Waals surface area contributed by atoms with Crippen LogP contribution in [-0.4, -0.2) is 18.7 Å². The molecule has 1 atom stereocenters. The van der Waals surface area contributed by atoms with E-state index < -0.39 is 0 Å². The molecule has 1 aromatic rings. The number of methoxy groups -OCH3 is 1. The van der Waals surface area contributed by atoms with Crippen molar-refractivity contribution < 1.29 is 4.74 Å². The molecule has 1 heterocycles. The number of thiazole rings is 1. The molecule has 0 aliphatic heterocycles. The zero-order valence-electron chi connectivity index (χ0n) is 8.12. The van der Waals surface area contributed by atoms with E-state index in [0.29, 0.717) is 6.61 Å². The Balaban J connectivity index is 2.50. The molecule has 0 radical (unpaired) electrons. The van der Waals surface area contributed by atoms with Crippen LogP contribution in [0.5, 0.6) is 0 Å². The van der Waals surface area contributed by atoms with E-state index in [-0.39, 0.29) is 6.04 Å². The van der Waals surface area contributed by atoms with Crippen LogP contribution >= 0.6 is 11.3 Å². The third-order valence-electron chi connectivity index (χ3n) is 1.88. The second kappa shape index (κ2) is 5.32. The predicted octanol–water partition coefficient (Wildman–Crippen LogP) is 1.74. The maximum Gasteiger partial charge on any atom is 0.0926 e. The van der Waals surface area contributed by atoms with Gasteiger partial charge in [0.2, 0.25) is 0 Å². The quantitative estimate of drug-likeness (QED) is 0.787. The van der Waals surface area contributed by atoms with Gasteiger partial charge in [0.15, 0.2) is 0 Å². The van der Waals surface area contributed by atoms with Crippen molar-refractivity contribution in [2.75, 3.05) is 13.7 Å². The van der Waals surface area contributed by atoms with Crippen LogP contribution in [0.4, 0.5) is 0 Å². The zero-order chi connectivity index (χ0) is 9.68. The molecule has 1 rings (SSSR count). The molecule has 2 N–H and O–H groups in total. The molecule has 0 fully saturated rings. The normalized spacial score (nSPS) is 13.2. The molecular formula is C9H16N2OS. The summed E-state index contributed by atoms with van der Waals surface area (Å²) in [6.45, 7) is 2.80. The summed E-state index contributed by atoms with van der Waals surface area (Å²) in [6.07, 6.45) is 1.82. The first-order valence-corrected chi connectivity index (χ1v) is 5.34. The minimum absolute atomic E-state index is 0.0245. The molecule has 13 heavy (non-hydrogen) atoms. The molecular weight excluding hydrogens is 184 g/mol. The van der Waals surface area contributed by atoms with Crippen molar-refractivity contribution in [3.8, 4) is 0 Å². The average Bonchev–Trinajstić information content (AvgIpc) is 2.62. The molecule has 0 saturated heterocycles. The smallest absolute Gasteiger partial charge is 0.0926 e. The molecule has 0 amide bonds. The van der Waals surface area contributed by atoms with E-state index in [9.17, 15) is 0 Å². The Kier molecular flexibility index (Phi) is 4.35. The third kappa shape index (κ3) is 3.06. The highest BCUT2D eigenvalue weighted by atomic mass is 32.1. The van der Waals surface area contributed by atoms with Crippen molar-refractivity contribution in [2.24, 2.45) is 5.73 Å². The molecule has 1 aromatic heterocycles. The SMILES string of the molecule is CCc1nc(C(N)CCOC)cs1. The Morgan fingerprint density at radius 1 is 1.69 bits per heavy atom. The number of aryl methyl sites for hydroxylation is 1. The number of ether oxygens (including phenoxy) is 1. The van der Waals surface area contributed by atoms with Gasteiger partial charge in [0, 0.05) is 19.1 Å². The summed E-state index contributed by atoms with van der Waals surface area (Å²) in [5.74, 6) is 0. The Morgan fingerprint density at radius 3 is 3.00 bits per heavy atom. The standard InChI is InChI=1S/C9H16N2OS/c1-3-9-11-8(6-13-9)7(10)4-5-12-2/h6-7H,3-5,10H2,1-2H3. The number of nitrogens with two attached hydrogens (primary N) is 1. The third-order valence-corrected chi connectivity index (χ3v) is 2.90. The van der Waals surface area contributed by atoms with Crippen LogP contribution in [0.3, 0.4) is 0 Å². The van der Waals surface area contributed by atoms with E-state index in [4.69, 9.17) is 10.5 Å². The lowest BCUT2D eigenvalue weighted by Gasteiger charge is -2.06. The maximum atomic E-state index is 5.91. The average molecular weight is 200 g/mol. The summed E-state index contributed by atoms with van der Waals surface area (Å²) in [6, 6.07) is 0.0245. The monoisotopic (exact) mass is 200 g/mol. The molecule has 0 aliphatic rings. The Labute approximate surface area is 82.9 Å². The lowest BCUT2D eigenvalue weighted by molar-refractivity contribution is 0.187. The van der Waals surface area contributed by atoms with Crippen LogP contribution < -0.4 is 5.73 Å². The summed E-state index contributed by atoms with van der Waals surface area (Å²) >= 11 is 1.68. The van der Waals surface area contributed by atoms with Gasteiger partial charge in [-0.25, -0.2) is 4.98 Å². The number of nitrogens with zero attached hydrogens (tertiary/aromatic N) is 1. The van der Waals surface area contributed by atoms with Crippen LogP contribution in [0.15, 0.2) is 5.38 Å². The molecule has 0 saturated carbocycles. The minimum Gasteiger partial charge on any atom is -0.385 e. The van der Waals surface area contributed by atoms with Gasteiger partial charge in [-0.15, -0.1) is 11.3 Å². The van der Waals surface area contributed by atoms with E-state index in [1.165, 1.54) is 0 Å². The number of rotatable bonds is 5. The summed E-state index contributed by atoms with van der Waals surface area (Å²) in [5, 5.41) is 3.20. The van der Waals surface area contributed by atoms with Gasteiger partial charge in [0.1, 0.15) is 0 Å². The van der Waals surface area contributed by atoms with Gasteiger partial charge in [0.25, 0.3) is 0 Å². The number of hydrogen-bond donors (Lipinski definition) is 1. The summed E-state index contributed by atoms with van der Waals surface area (Å²) in [5.41, 5.74) is 6.91. The van der Waals surface area contributed by atoms with Crippen molar-refractivity contribution in [1.29, 1.82) is 0 Å². The van der Waals surface area contributed by atoms with E-state index in [1.807, 2.05) is 5.38 Å². The van der Waals surface area contributed by atoms with Gasteiger partial charge >= 0.3 is 0 Å². The lowest BCUT2D eigenvalue weighted by atomic mass is 10.2. The van der Waals surface area contributed by atoms with E-state index in [1.54, 1.807) is 18.4 Å². The molecule has 3 nitrogen and oxygen atoms in total. The van der Waals surface area contributed by atoms with E-state index in [2.05, 4.69) is 11.9 Å². The van der Waals surface area contributed by atoms with Gasteiger partial charge in [-0.3, -0.25) is 0 Å². The Hall–Kier alpha value is -0.450. The fourth-order valence-electron chi connectivity index (χ4n) is 1.05. The van der Waals surface area contributed by atoms with Gasteiger partial charge < -0.3 is 10.5 Å². The number of aromatic nitrogens is 1. The molecule has 0 bridgehead atoms. The van der Waals surface area contributed by atoms with Crippen molar-refractivity contribution in [3.05, 3.63) is 16.1 Å². The maximum absolute atomic E-state index is 5.91. The molecule has 0 aliphatic carbocycles. The van der Waals surface area contributed by atoms with E-state index in [0.717, 1.165) is 23.5 Å². The van der Waals surface area contributed by atoms with E-state index >= 15 is 0 Å². The van der Waals surface area contributed by atoms with Crippen LogP contribution in [-0.2, 0) is 11.2 Å². The first kappa shape index (κ1) is 10.6. The van der Waals surface area contributed by atoms with Crippen LogP contribution in [0.1, 0.15) is 30.1 Å². The zero-order valence-corrected chi connectivity index (χ0v) is 8.93. The second-order valence-corrected chi connectivity index (χ2v) is 3.85. The highest BCUT2D eigenvalue weighted by Crippen LogP contribution is 2.17. The summed E-state index contributed by atoms with van der Waals surface area (Å²) in [4.78, 5) is 4.42. The van der Waals surface area contributed by atoms with Gasteiger partial charge in [-0.2, -0.15) is 0 Å². The first-order chi connectivity index (χ1) is 6.27. The van der Waals surface area contributed by atoms with Crippen molar-refractivity contribution in [2.45, 2.75) is 25.8 Å². The first-order valence-electron chi connectivity index (χ1n) is 4.46. The highest BCUT2D eigenvalue weighted by molar-refractivity contribution is 7.09. The van der Waals surface area contributed by atoms with Gasteiger partial charge in [-0.05, 0) is 12.8 Å². The molecule has 1 unspecified atom stereocenters. The second-order valence-electron chi connectivity index (χ2n) is 2.91. The van der Waals surface area contributed by atoms with Crippen molar-refractivity contribution in [1.82, 2.24) is 4.98 Å². The number of hydrogen-bond acceptors (Lipinski definition) is 4. The minimum atomic E-state index is 0.0245. The van der Waals surface area contributed by atoms with Crippen molar-refractivity contribution >= 4 is 11.3 Å². The fraction of sp³-hybridized carbons (Fsp3) is 0.667. The molecule has 0 aromatic carbocycles. The van der Waals surface area contributed by atoms with Crippen LogP contribution in [0.2, 0.25) is 0 Å². The highest BCUT2D eigenvalue weighted by Gasteiger charge is 2.09. The lowest BCUT2D eigenvalue weighted by Crippen LogP contribution is -2.13. The molecule has 74 valence electrons. The predicted molar refractivity (Wildman–Crippen MR) is 54.9 cm³/mol. The molecule has 4 heteroatoms. The summed E-state index contributed by atoms with van der Waals surface area (Å²) < 4.78 is 4.96. The van der Waals surface area contributed by atoms with Crippen LogP contribution in [0, 0.1) is 0 Å². The van der Waals surface area contributed by atoms with Crippen LogP contribution in [0.25, 0.3) is 0 Å². The summed E-state index contributed by atoms with van der Waals surface area (Å²) in [7, 11) is 1.69.